The summed E-state index contributed by atoms with van der Waals surface area (Å²) in [5.41, 5.74) is -0.285. The topological polar surface area (TPSA) is 79.4 Å². The maximum Gasteiger partial charge on any atom is 0.244 e. The van der Waals surface area contributed by atoms with Gasteiger partial charge in [0.1, 0.15) is 4.90 Å². The van der Waals surface area contributed by atoms with Gasteiger partial charge in [0, 0.05) is 24.8 Å². The van der Waals surface area contributed by atoms with Crippen LogP contribution in [0.4, 0.5) is 0 Å². The molecule has 2 rings (SSSR count). The van der Waals surface area contributed by atoms with E-state index in [1.807, 2.05) is 27.7 Å². The first kappa shape index (κ1) is 19.2. The van der Waals surface area contributed by atoms with Crippen molar-refractivity contribution >= 4 is 27.7 Å². The van der Waals surface area contributed by atoms with E-state index < -0.39 is 10.0 Å². The minimum Gasteiger partial charge on any atom is -0.351 e. The van der Waals surface area contributed by atoms with E-state index in [9.17, 15) is 13.2 Å². The molecule has 134 valence electrons. The lowest BCUT2D eigenvalue weighted by molar-refractivity contribution is -0.121. The van der Waals surface area contributed by atoms with Crippen LogP contribution in [0.3, 0.4) is 0 Å². The van der Waals surface area contributed by atoms with Crippen molar-refractivity contribution in [2.75, 3.05) is 13.1 Å². The number of aromatic nitrogens is 1. The molecule has 1 fully saturated rings. The molecule has 0 bridgehead atoms. The quantitative estimate of drug-likeness (QED) is 0.803. The van der Waals surface area contributed by atoms with Gasteiger partial charge in [0.05, 0.1) is 10.3 Å². The summed E-state index contributed by atoms with van der Waals surface area (Å²) in [6.07, 6.45) is 3.19. The van der Waals surface area contributed by atoms with Crippen molar-refractivity contribution in [1.29, 1.82) is 0 Å². The van der Waals surface area contributed by atoms with E-state index in [0.29, 0.717) is 18.1 Å². The van der Waals surface area contributed by atoms with Crippen LogP contribution in [0.1, 0.15) is 40.5 Å². The smallest absolute Gasteiger partial charge is 0.244 e. The van der Waals surface area contributed by atoms with E-state index >= 15 is 0 Å². The van der Waals surface area contributed by atoms with Gasteiger partial charge in [-0.3, -0.25) is 4.79 Å². The van der Waals surface area contributed by atoms with Crippen LogP contribution >= 0.6 is 11.8 Å². The fourth-order valence-electron chi connectivity index (χ4n) is 2.37. The Kier molecular flexibility index (Phi) is 5.93. The summed E-state index contributed by atoms with van der Waals surface area (Å²) in [6, 6.07) is 3.23. The molecule has 0 saturated carbocycles. The van der Waals surface area contributed by atoms with Gasteiger partial charge in [-0.05, 0) is 52.7 Å². The molecule has 1 aliphatic rings. The van der Waals surface area contributed by atoms with Gasteiger partial charge in [-0.1, -0.05) is 11.8 Å². The average Bonchev–Trinajstić information content (AvgIpc) is 3.01. The minimum absolute atomic E-state index is 0.0666. The SMILES string of the molecule is CC(Sc1ccc(S(=O)(=O)N2CCCC2)cn1)C(=O)NC(C)(C)C. The second-order valence-corrected chi connectivity index (χ2v) is 10.2. The van der Waals surface area contributed by atoms with E-state index in [2.05, 4.69) is 10.3 Å². The van der Waals surface area contributed by atoms with Crippen molar-refractivity contribution in [3.8, 4) is 0 Å². The average molecular weight is 372 g/mol. The van der Waals surface area contributed by atoms with Crippen LogP contribution in [0.15, 0.2) is 28.3 Å². The van der Waals surface area contributed by atoms with Gasteiger partial charge in [0.15, 0.2) is 0 Å². The van der Waals surface area contributed by atoms with Crippen LogP contribution in [-0.2, 0) is 14.8 Å². The Morgan fingerprint density at radius 1 is 1.29 bits per heavy atom. The fourth-order valence-corrected chi connectivity index (χ4v) is 4.62. The number of carbonyl (C=O) groups is 1. The molecular weight excluding hydrogens is 346 g/mol. The van der Waals surface area contributed by atoms with E-state index in [-0.39, 0.29) is 21.6 Å². The molecule has 24 heavy (non-hydrogen) atoms. The highest BCUT2D eigenvalue weighted by molar-refractivity contribution is 8.00. The van der Waals surface area contributed by atoms with Gasteiger partial charge in [0.2, 0.25) is 15.9 Å². The molecule has 0 spiro atoms. The summed E-state index contributed by atoms with van der Waals surface area (Å²) in [5, 5.41) is 3.25. The summed E-state index contributed by atoms with van der Waals surface area (Å²) in [4.78, 5) is 16.5. The predicted molar refractivity (Wildman–Crippen MR) is 95.4 cm³/mol. The summed E-state index contributed by atoms with van der Waals surface area (Å²) < 4.78 is 26.4. The molecule has 0 radical (unpaired) electrons. The molecule has 1 amide bonds. The van der Waals surface area contributed by atoms with Gasteiger partial charge in [-0.2, -0.15) is 4.31 Å². The predicted octanol–water partition coefficient (Wildman–Crippen LogP) is 2.26. The van der Waals surface area contributed by atoms with Crippen molar-refractivity contribution in [3.05, 3.63) is 18.3 Å². The molecule has 1 saturated heterocycles. The van der Waals surface area contributed by atoms with Crippen molar-refractivity contribution in [3.63, 3.8) is 0 Å². The van der Waals surface area contributed by atoms with Crippen molar-refractivity contribution in [2.24, 2.45) is 0 Å². The summed E-state index contributed by atoms with van der Waals surface area (Å²) in [5.74, 6) is -0.0666. The van der Waals surface area contributed by atoms with Gasteiger partial charge in [-0.15, -0.1) is 0 Å². The molecule has 2 heterocycles. The number of carbonyl (C=O) groups excluding carboxylic acids is 1. The van der Waals surface area contributed by atoms with E-state index in [0.717, 1.165) is 12.8 Å². The van der Waals surface area contributed by atoms with Crippen LogP contribution in [-0.4, -0.2) is 47.5 Å². The maximum absolute atomic E-state index is 12.4. The zero-order valence-electron chi connectivity index (χ0n) is 14.6. The molecule has 6 nitrogen and oxygen atoms in total. The second kappa shape index (κ2) is 7.41. The molecule has 1 aliphatic heterocycles. The molecule has 8 heteroatoms. The van der Waals surface area contributed by atoms with Crippen LogP contribution in [0.25, 0.3) is 0 Å². The summed E-state index contributed by atoms with van der Waals surface area (Å²) in [7, 11) is -3.44. The Morgan fingerprint density at radius 2 is 1.92 bits per heavy atom. The molecule has 1 aromatic heterocycles. The van der Waals surface area contributed by atoms with E-state index in [1.165, 1.54) is 22.3 Å². The highest BCUT2D eigenvalue weighted by atomic mass is 32.2. The standard InChI is InChI=1S/C16H25N3O3S2/c1-12(15(20)18-16(2,3)4)23-14-8-7-13(11-17-14)24(21,22)19-9-5-6-10-19/h7-8,11-12H,5-6,9-10H2,1-4H3,(H,18,20). The Labute approximate surface area is 148 Å². The molecule has 1 atom stereocenters. The first-order chi connectivity index (χ1) is 11.1. The van der Waals surface area contributed by atoms with Gasteiger partial charge in [0.25, 0.3) is 0 Å². The van der Waals surface area contributed by atoms with Crippen molar-refractivity contribution in [1.82, 2.24) is 14.6 Å². The number of thioether (sulfide) groups is 1. The third kappa shape index (κ3) is 4.94. The zero-order valence-corrected chi connectivity index (χ0v) is 16.2. The lowest BCUT2D eigenvalue weighted by Gasteiger charge is -2.22. The number of hydrogen-bond donors (Lipinski definition) is 1. The van der Waals surface area contributed by atoms with Crippen LogP contribution in [0.2, 0.25) is 0 Å². The number of pyridine rings is 1. The highest BCUT2D eigenvalue weighted by Crippen LogP contribution is 2.25. The minimum atomic E-state index is -3.44. The van der Waals surface area contributed by atoms with Crippen molar-refractivity contribution in [2.45, 2.75) is 61.2 Å². The van der Waals surface area contributed by atoms with Gasteiger partial charge >= 0.3 is 0 Å². The Balaban J connectivity index is 2.03. The number of amides is 1. The van der Waals surface area contributed by atoms with Gasteiger partial charge in [-0.25, -0.2) is 13.4 Å². The van der Waals surface area contributed by atoms with Crippen LogP contribution < -0.4 is 5.32 Å². The summed E-state index contributed by atoms with van der Waals surface area (Å²) in [6.45, 7) is 8.74. The lowest BCUT2D eigenvalue weighted by Crippen LogP contribution is -2.44. The Bertz CT molecular complexity index is 676. The van der Waals surface area contributed by atoms with Crippen LogP contribution in [0.5, 0.6) is 0 Å². The number of sulfonamides is 1. The Morgan fingerprint density at radius 3 is 2.42 bits per heavy atom. The largest absolute Gasteiger partial charge is 0.351 e. The molecule has 0 aliphatic carbocycles. The second-order valence-electron chi connectivity index (χ2n) is 6.94. The first-order valence-electron chi connectivity index (χ1n) is 8.04. The third-order valence-electron chi connectivity index (χ3n) is 3.58. The van der Waals surface area contributed by atoms with Crippen molar-refractivity contribution < 1.29 is 13.2 Å². The molecule has 1 unspecified atom stereocenters. The molecule has 0 aromatic carbocycles. The monoisotopic (exact) mass is 371 g/mol. The Hall–Kier alpha value is -1.12. The molecule has 1 aromatic rings. The molecule has 1 N–H and O–H groups in total. The van der Waals surface area contributed by atoms with E-state index in [4.69, 9.17) is 0 Å². The number of rotatable bonds is 5. The third-order valence-corrected chi connectivity index (χ3v) is 6.51. The fraction of sp³-hybridized carbons (Fsp3) is 0.625. The van der Waals surface area contributed by atoms with Gasteiger partial charge < -0.3 is 5.32 Å². The first-order valence-corrected chi connectivity index (χ1v) is 10.4. The summed E-state index contributed by atoms with van der Waals surface area (Å²) >= 11 is 1.31. The normalized spacial score (nSPS) is 17.7. The molecular formula is C16H25N3O3S2. The lowest BCUT2D eigenvalue weighted by atomic mass is 10.1. The number of nitrogens with zero attached hydrogens (tertiary/aromatic N) is 2. The van der Waals surface area contributed by atoms with E-state index in [1.54, 1.807) is 12.1 Å². The van der Waals surface area contributed by atoms with Crippen LogP contribution in [0, 0.1) is 0 Å². The number of nitrogens with one attached hydrogen (secondary N) is 1. The maximum atomic E-state index is 12.4. The highest BCUT2D eigenvalue weighted by Gasteiger charge is 2.27. The zero-order chi connectivity index (χ0) is 18.0. The number of hydrogen-bond acceptors (Lipinski definition) is 5.